The zero-order valence-electron chi connectivity index (χ0n) is 16.8. The standard InChI is InChI=1S/C25H23N3O2/c1-16-11-21-13-19(25(29)30)9-10-20(21)15-28(16)14-17-5-4-6-18(12-17)24-26-22-7-2-3-8-23(22)27-24/h2-10,12-13,16H,11,14-15H2,1H3,(H,26,27)(H,29,30). The van der Waals surface area contributed by atoms with E-state index in [0.717, 1.165) is 47.5 Å². The monoisotopic (exact) mass is 397 g/mol. The maximum absolute atomic E-state index is 11.3. The Morgan fingerprint density at radius 3 is 2.80 bits per heavy atom. The number of benzene rings is 3. The predicted octanol–water partition coefficient (Wildman–Crippen LogP) is 4.87. The lowest BCUT2D eigenvalue weighted by atomic mass is 9.92. The molecule has 0 spiro atoms. The molecule has 1 aliphatic rings. The Morgan fingerprint density at radius 2 is 1.97 bits per heavy atom. The van der Waals surface area contributed by atoms with Crippen LogP contribution in [-0.2, 0) is 19.5 Å². The first-order valence-corrected chi connectivity index (χ1v) is 10.2. The number of aromatic nitrogens is 2. The molecule has 1 atom stereocenters. The lowest BCUT2D eigenvalue weighted by molar-refractivity contribution is 0.0696. The van der Waals surface area contributed by atoms with Gasteiger partial charge in [-0.3, -0.25) is 4.90 Å². The van der Waals surface area contributed by atoms with Gasteiger partial charge in [0.05, 0.1) is 16.6 Å². The van der Waals surface area contributed by atoms with Crippen molar-refractivity contribution in [1.29, 1.82) is 0 Å². The molecule has 5 nitrogen and oxygen atoms in total. The minimum atomic E-state index is -0.865. The van der Waals surface area contributed by atoms with Crippen molar-refractivity contribution in [1.82, 2.24) is 14.9 Å². The second-order valence-corrected chi connectivity index (χ2v) is 8.05. The number of aromatic amines is 1. The Labute approximate surface area is 175 Å². The number of carboxylic acid groups (broad SMARTS) is 1. The molecule has 5 heteroatoms. The van der Waals surface area contributed by atoms with Gasteiger partial charge in [-0.2, -0.15) is 0 Å². The minimum Gasteiger partial charge on any atom is -0.478 e. The van der Waals surface area contributed by atoms with E-state index in [-0.39, 0.29) is 0 Å². The summed E-state index contributed by atoms with van der Waals surface area (Å²) < 4.78 is 0. The molecule has 1 aromatic heterocycles. The van der Waals surface area contributed by atoms with Crippen molar-refractivity contribution >= 4 is 17.0 Å². The van der Waals surface area contributed by atoms with Crippen LogP contribution in [0.15, 0.2) is 66.7 Å². The number of fused-ring (bicyclic) bond motifs is 2. The molecule has 3 aromatic carbocycles. The molecular weight excluding hydrogens is 374 g/mol. The number of carbonyl (C=O) groups is 1. The largest absolute Gasteiger partial charge is 0.478 e. The highest BCUT2D eigenvalue weighted by Gasteiger charge is 2.24. The van der Waals surface area contributed by atoms with E-state index in [2.05, 4.69) is 41.1 Å². The average molecular weight is 397 g/mol. The van der Waals surface area contributed by atoms with Crippen LogP contribution in [0, 0.1) is 0 Å². The summed E-state index contributed by atoms with van der Waals surface area (Å²) in [6.07, 6.45) is 0.861. The molecule has 5 rings (SSSR count). The number of aromatic carboxylic acids is 1. The van der Waals surface area contributed by atoms with Gasteiger partial charge in [0, 0.05) is 24.7 Å². The third-order valence-electron chi connectivity index (χ3n) is 5.94. The van der Waals surface area contributed by atoms with Crippen LogP contribution in [-0.4, -0.2) is 32.0 Å². The molecule has 0 aliphatic carbocycles. The Kier molecular flexibility index (Phi) is 4.60. The van der Waals surface area contributed by atoms with E-state index in [1.54, 1.807) is 6.07 Å². The number of imidazole rings is 1. The normalized spacial score (nSPS) is 16.5. The highest BCUT2D eigenvalue weighted by Crippen LogP contribution is 2.27. The summed E-state index contributed by atoms with van der Waals surface area (Å²) in [5, 5.41) is 9.25. The van der Waals surface area contributed by atoms with Crippen molar-refractivity contribution in [3.05, 3.63) is 89.0 Å². The van der Waals surface area contributed by atoms with E-state index < -0.39 is 5.97 Å². The molecule has 2 heterocycles. The number of para-hydroxylation sites is 2. The second kappa shape index (κ2) is 7.43. The van der Waals surface area contributed by atoms with Crippen LogP contribution in [0.25, 0.3) is 22.4 Å². The fourth-order valence-corrected chi connectivity index (χ4v) is 4.28. The Morgan fingerprint density at radius 1 is 1.10 bits per heavy atom. The lowest BCUT2D eigenvalue weighted by Gasteiger charge is -2.35. The van der Waals surface area contributed by atoms with Gasteiger partial charge in [0.1, 0.15) is 5.82 Å². The molecule has 0 saturated carbocycles. The zero-order valence-corrected chi connectivity index (χ0v) is 16.8. The average Bonchev–Trinajstić information content (AvgIpc) is 3.18. The summed E-state index contributed by atoms with van der Waals surface area (Å²) in [5.41, 5.74) is 7.07. The fraction of sp³-hybridized carbons (Fsp3) is 0.200. The number of carboxylic acids is 1. The van der Waals surface area contributed by atoms with Gasteiger partial charge in [-0.15, -0.1) is 0 Å². The highest BCUT2D eigenvalue weighted by atomic mass is 16.4. The van der Waals surface area contributed by atoms with Crippen molar-refractivity contribution in [3.63, 3.8) is 0 Å². The van der Waals surface area contributed by atoms with Crippen molar-refractivity contribution in [2.24, 2.45) is 0 Å². The van der Waals surface area contributed by atoms with Crippen LogP contribution >= 0.6 is 0 Å². The van der Waals surface area contributed by atoms with E-state index >= 15 is 0 Å². The van der Waals surface area contributed by atoms with Gasteiger partial charge in [0.2, 0.25) is 0 Å². The maximum atomic E-state index is 11.3. The minimum absolute atomic E-state index is 0.344. The molecule has 1 unspecified atom stereocenters. The molecule has 0 bridgehead atoms. The Bertz CT molecular complexity index is 1210. The summed E-state index contributed by atoms with van der Waals surface area (Å²) >= 11 is 0. The van der Waals surface area contributed by atoms with Crippen LogP contribution in [0.5, 0.6) is 0 Å². The van der Waals surface area contributed by atoms with Gasteiger partial charge in [-0.1, -0.05) is 36.4 Å². The van der Waals surface area contributed by atoms with E-state index in [4.69, 9.17) is 4.98 Å². The van der Waals surface area contributed by atoms with E-state index in [9.17, 15) is 9.90 Å². The number of nitrogens with one attached hydrogen (secondary N) is 1. The molecule has 2 N–H and O–H groups in total. The quantitative estimate of drug-likeness (QED) is 0.515. The van der Waals surface area contributed by atoms with Crippen LogP contribution in [0.2, 0.25) is 0 Å². The van der Waals surface area contributed by atoms with Crippen molar-refractivity contribution < 1.29 is 9.90 Å². The lowest BCUT2D eigenvalue weighted by Crippen LogP contribution is -2.37. The molecule has 0 fully saturated rings. The van der Waals surface area contributed by atoms with Crippen molar-refractivity contribution in [2.45, 2.75) is 32.5 Å². The number of H-pyrrole nitrogens is 1. The maximum Gasteiger partial charge on any atom is 0.335 e. The summed E-state index contributed by atoms with van der Waals surface area (Å²) in [6.45, 7) is 3.88. The van der Waals surface area contributed by atoms with Gasteiger partial charge in [-0.25, -0.2) is 9.78 Å². The van der Waals surface area contributed by atoms with Crippen LogP contribution in [0.1, 0.15) is 34.0 Å². The van der Waals surface area contributed by atoms with E-state index in [1.165, 1.54) is 11.1 Å². The predicted molar refractivity (Wildman–Crippen MR) is 117 cm³/mol. The molecule has 30 heavy (non-hydrogen) atoms. The Hall–Kier alpha value is -3.44. The zero-order chi connectivity index (χ0) is 20.7. The van der Waals surface area contributed by atoms with Gasteiger partial charge in [-0.05, 0) is 60.4 Å². The first-order valence-electron chi connectivity index (χ1n) is 10.2. The first-order chi connectivity index (χ1) is 14.6. The number of hydrogen-bond donors (Lipinski definition) is 2. The van der Waals surface area contributed by atoms with Crippen LogP contribution in [0.3, 0.4) is 0 Å². The number of nitrogens with zero attached hydrogens (tertiary/aromatic N) is 2. The molecule has 1 aliphatic heterocycles. The van der Waals surface area contributed by atoms with Gasteiger partial charge in [0.25, 0.3) is 0 Å². The second-order valence-electron chi connectivity index (χ2n) is 8.05. The van der Waals surface area contributed by atoms with E-state index in [1.807, 2.05) is 36.4 Å². The van der Waals surface area contributed by atoms with Crippen LogP contribution < -0.4 is 0 Å². The van der Waals surface area contributed by atoms with Gasteiger partial charge < -0.3 is 10.1 Å². The molecular formula is C25H23N3O2. The third-order valence-corrected chi connectivity index (χ3v) is 5.94. The van der Waals surface area contributed by atoms with Crippen LogP contribution in [0.4, 0.5) is 0 Å². The number of rotatable bonds is 4. The van der Waals surface area contributed by atoms with Gasteiger partial charge in [0.15, 0.2) is 0 Å². The highest BCUT2D eigenvalue weighted by molar-refractivity contribution is 5.88. The molecule has 0 amide bonds. The SMILES string of the molecule is CC1Cc2cc(C(=O)O)ccc2CN1Cc1cccc(-c2nc3ccccc3[nH]2)c1. The summed E-state index contributed by atoms with van der Waals surface area (Å²) in [6, 6.07) is 22.4. The molecule has 0 radical (unpaired) electrons. The summed E-state index contributed by atoms with van der Waals surface area (Å²) in [4.78, 5) is 21.8. The van der Waals surface area contributed by atoms with Gasteiger partial charge >= 0.3 is 5.97 Å². The van der Waals surface area contributed by atoms with E-state index in [0.29, 0.717) is 11.6 Å². The molecule has 4 aromatic rings. The first kappa shape index (κ1) is 18.6. The smallest absolute Gasteiger partial charge is 0.335 e. The topological polar surface area (TPSA) is 69.2 Å². The third kappa shape index (κ3) is 3.48. The fourth-order valence-electron chi connectivity index (χ4n) is 4.28. The molecule has 0 saturated heterocycles. The summed E-state index contributed by atoms with van der Waals surface area (Å²) in [5.74, 6) is 0.0200. The Balaban J connectivity index is 1.38. The summed E-state index contributed by atoms with van der Waals surface area (Å²) in [7, 11) is 0. The van der Waals surface area contributed by atoms with Crippen molar-refractivity contribution in [2.75, 3.05) is 0 Å². The number of hydrogen-bond acceptors (Lipinski definition) is 3. The molecule has 150 valence electrons. The van der Waals surface area contributed by atoms with Crippen molar-refractivity contribution in [3.8, 4) is 11.4 Å².